The number of carbonyl (C=O) groups is 2. The number of hydrogen-bond acceptors (Lipinski definition) is 4. The van der Waals surface area contributed by atoms with E-state index in [1.807, 2.05) is 6.92 Å². The number of urea groups is 1. The summed E-state index contributed by atoms with van der Waals surface area (Å²) in [5, 5.41) is 14.6. The van der Waals surface area contributed by atoms with Crippen molar-refractivity contribution in [1.29, 1.82) is 0 Å². The van der Waals surface area contributed by atoms with Crippen molar-refractivity contribution in [3.05, 3.63) is 40.9 Å². The molecule has 0 fully saturated rings. The molecule has 0 aliphatic rings. The lowest BCUT2D eigenvalue weighted by Gasteiger charge is -2.09. The molecule has 0 saturated carbocycles. The molecule has 104 valence electrons. The van der Waals surface area contributed by atoms with E-state index >= 15 is 0 Å². The molecule has 0 aliphatic heterocycles. The van der Waals surface area contributed by atoms with Crippen molar-refractivity contribution in [3.8, 4) is 0 Å². The summed E-state index contributed by atoms with van der Waals surface area (Å²) >= 11 is 1.36. The maximum absolute atomic E-state index is 11.8. The molecule has 3 N–H and O–H groups in total. The van der Waals surface area contributed by atoms with Crippen LogP contribution in [0.5, 0.6) is 0 Å². The summed E-state index contributed by atoms with van der Waals surface area (Å²) in [6.07, 6.45) is 1.52. The van der Waals surface area contributed by atoms with E-state index in [4.69, 9.17) is 5.11 Å². The molecule has 0 unspecified atom stereocenters. The van der Waals surface area contributed by atoms with Gasteiger partial charge in [0.2, 0.25) is 0 Å². The van der Waals surface area contributed by atoms with Crippen molar-refractivity contribution in [2.45, 2.75) is 13.3 Å². The van der Waals surface area contributed by atoms with Crippen LogP contribution in [-0.2, 0) is 11.2 Å². The zero-order chi connectivity index (χ0) is 14.5. The number of carboxylic acid groups (broad SMARTS) is 1. The van der Waals surface area contributed by atoms with Crippen LogP contribution in [0.3, 0.4) is 0 Å². The van der Waals surface area contributed by atoms with Gasteiger partial charge in [-0.05, 0) is 18.6 Å². The predicted octanol–water partition coefficient (Wildman–Crippen LogP) is 2.72. The van der Waals surface area contributed by atoms with E-state index < -0.39 is 12.0 Å². The minimum atomic E-state index is -0.949. The number of aliphatic carboxylic acids is 1. The SMILES string of the molecule is Cc1cnc(NC(=O)Nc2ccccc2CC(=O)O)s1. The Labute approximate surface area is 119 Å². The molecule has 2 aromatic rings. The van der Waals surface area contributed by atoms with E-state index in [-0.39, 0.29) is 6.42 Å². The number of nitrogens with zero attached hydrogens (tertiary/aromatic N) is 1. The largest absolute Gasteiger partial charge is 0.481 e. The molecule has 0 bridgehead atoms. The lowest BCUT2D eigenvalue weighted by atomic mass is 10.1. The topological polar surface area (TPSA) is 91.3 Å². The van der Waals surface area contributed by atoms with Crippen LogP contribution in [0.1, 0.15) is 10.4 Å². The Balaban J connectivity index is 2.05. The lowest BCUT2D eigenvalue weighted by molar-refractivity contribution is -0.136. The fourth-order valence-electron chi connectivity index (χ4n) is 1.62. The molecule has 0 spiro atoms. The highest BCUT2D eigenvalue weighted by atomic mass is 32.1. The Kier molecular flexibility index (Phi) is 4.31. The number of carboxylic acids is 1. The molecule has 1 aromatic heterocycles. The summed E-state index contributed by atoms with van der Waals surface area (Å²) in [6, 6.07) is 6.33. The monoisotopic (exact) mass is 291 g/mol. The smallest absolute Gasteiger partial charge is 0.325 e. The number of rotatable bonds is 4. The summed E-state index contributed by atoms with van der Waals surface area (Å²) < 4.78 is 0. The standard InChI is InChI=1S/C13H13N3O3S/c1-8-7-14-13(20-8)16-12(19)15-10-5-3-2-4-9(10)6-11(17)18/h2-5,7H,6H2,1H3,(H,17,18)(H2,14,15,16,19). The van der Waals surface area contributed by atoms with Crippen molar-refractivity contribution in [3.63, 3.8) is 0 Å². The molecule has 0 saturated heterocycles. The second-order valence-corrected chi connectivity index (χ2v) is 5.32. The van der Waals surface area contributed by atoms with Gasteiger partial charge >= 0.3 is 12.0 Å². The first-order chi connectivity index (χ1) is 9.54. The third kappa shape index (κ3) is 3.79. The van der Waals surface area contributed by atoms with Crippen LogP contribution in [0, 0.1) is 6.92 Å². The summed E-state index contributed by atoms with van der Waals surface area (Å²) in [6.45, 7) is 1.89. The Morgan fingerprint density at radius 3 is 2.70 bits per heavy atom. The molecule has 6 nitrogen and oxygen atoms in total. The van der Waals surface area contributed by atoms with Gasteiger partial charge in [0, 0.05) is 16.8 Å². The molecule has 0 aliphatic carbocycles. The van der Waals surface area contributed by atoms with Crippen LogP contribution in [-0.4, -0.2) is 22.1 Å². The maximum Gasteiger partial charge on any atom is 0.325 e. The van der Waals surface area contributed by atoms with Crippen molar-refractivity contribution in [1.82, 2.24) is 4.98 Å². The third-order valence-corrected chi connectivity index (χ3v) is 3.28. The first kappa shape index (κ1) is 14.0. The van der Waals surface area contributed by atoms with Gasteiger partial charge in [-0.1, -0.05) is 18.2 Å². The van der Waals surface area contributed by atoms with Crippen molar-refractivity contribution in [2.24, 2.45) is 0 Å². The third-order valence-electron chi connectivity index (χ3n) is 2.45. The summed E-state index contributed by atoms with van der Waals surface area (Å²) in [5.41, 5.74) is 1.02. The molecule has 2 amide bonds. The maximum atomic E-state index is 11.8. The van der Waals surface area contributed by atoms with Gasteiger partial charge in [-0.3, -0.25) is 10.1 Å². The first-order valence-corrected chi connectivity index (χ1v) is 6.66. The zero-order valence-electron chi connectivity index (χ0n) is 10.7. The molecule has 20 heavy (non-hydrogen) atoms. The Morgan fingerprint density at radius 2 is 2.05 bits per heavy atom. The first-order valence-electron chi connectivity index (χ1n) is 5.85. The minimum absolute atomic E-state index is 0.146. The number of carbonyl (C=O) groups excluding carboxylic acids is 1. The normalized spacial score (nSPS) is 10.1. The van der Waals surface area contributed by atoms with E-state index in [2.05, 4.69) is 15.6 Å². The quantitative estimate of drug-likeness (QED) is 0.807. The van der Waals surface area contributed by atoms with E-state index in [0.717, 1.165) is 4.88 Å². The molecule has 0 atom stereocenters. The van der Waals surface area contributed by atoms with E-state index in [0.29, 0.717) is 16.4 Å². The van der Waals surface area contributed by atoms with Crippen LogP contribution in [0.4, 0.5) is 15.6 Å². The van der Waals surface area contributed by atoms with Crippen molar-refractivity contribution < 1.29 is 14.7 Å². The van der Waals surface area contributed by atoms with Gasteiger partial charge in [0.15, 0.2) is 5.13 Å². The fraction of sp³-hybridized carbons (Fsp3) is 0.154. The van der Waals surface area contributed by atoms with Crippen LogP contribution in [0.2, 0.25) is 0 Å². The van der Waals surface area contributed by atoms with Crippen LogP contribution < -0.4 is 10.6 Å². The molecule has 7 heteroatoms. The highest BCUT2D eigenvalue weighted by Crippen LogP contribution is 2.19. The summed E-state index contributed by atoms with van der Waals surface area (Å²) in [7, 11) is 0. The number of para-hydroxylation sites is 1. The number of nitrogens with one attached hydrogen (secondary N) is 2. The number of benzene rings is 1. The number of thiazole rings is 1. The second kappa shape index (κ2) is 6.16. The Hall–Kier alpha value is -2.41. The van der Waals surface area contributed by atoms with Crippen LogP contribution in [0.15, 0.2) is 30.5 Å². The molecule has 1 aromatic carbocycles. The Morgan fingerprint density at radius 1 is 1.30 bits per heavy atom. The molecular formula is C13H13N3O3S. The van der Waals surface area contributed by atoms with E-state index in [9.17, 15) is 9.59 Å². The van der Waals surface area contributed by atoms with Gasteiger partial charge in [-0.25, -0.2) is 9.78 Å². The number of aromatic nitrogens is 1. The number of hydrogen-bond donors (Lipinski definition) is 3. The average molecular weight is 291 g/mol. The van der Waals surface area contributed by atoms with Gasteiger partial charge in [0.25, 0.3) is 0 Å². The molecule has 1 heterocycles. The predicted molar refractivity (Wildman–Crippen MR) is 77.3 cm³/mol. The summed E-state index contributed by atoms with van der Waals surface area (Å²) in [5.74, 6) is -0.949. The molecule has 2 rings (SSSR count). The molecule has 0 radical (unpaired) electrons. The van der Waals surface area contributed by atoms with Crippen molar-refractivity contribution in [2.75, 3.05) is 10.6 Å². The van der Waals surface area contributed by atoms with Gasteiger partial charge in [-0.15, -0.1) is 11.3 Å². The number of aryl methyl sites for hydroxylation is 1. The average Bonchev–Trinajstić information content (AvgIpc) is 2.76. The van der Waals surface area contributed by atoms with Gasteiger partial charge in [-0.2, -0.15) is 0 Å². The minimum Gasteiger partial charge on any atom is -0.481 e. The number of amides is 2. The fourth-order valence-corrected chi connectivity index (χ4v) is 2.28. The van der Waals surface area contributed by atoms with Gasteiger partial charge in [0.05, 0.1) is 6.42 Å². The zero-order valence-corrected chi connectivity index (χ0v) is 11.5. The number of anilines is 2. The summed E-state index contributed by atoms with van der Waals surface area (Å²) in [4.78, 5) is 27.6. The van der Waals surface area contributed by atoms with Gasteiger partial charge < -0.3 is 10.4 Å². The molecular weight excluding hydrogens is 278 g/mol. The highest BCUT2D eigenvalue weighted by Gasteiger charge is 2.10. The second-order valence-electron chi connectivity index (χ2n) is 4.08. The Bertz CT molecular complexity index is 639. The lowest BCUT2D eigenvalue weighted by Crippen LogP contribution is -2.20. The van der Waals surface area contributed by atoms with Crippen LogP contribution >= 0.6 is 11.3 Å². The van der Waals surface area contributed by atoms with Crippen LogP contribution in [0.25, 0.3) is 0 Å². The highest BCUT2D eigenvalue weighted by molar-refractivity contribution is 7.15. The van der Waals surface area contributed by atoms with E-state index in [1.165, 1.54) is 11.3 Å². The van der Waals surface area contributed by atoms with Crippen molar-refractivity contribution >= 4 is 34.2 Å². The van der Waals surface area contributed by atoms with E-state index in [1.54, 1.807) is 30.5 Å². The van der Waals surface area contributed by atoms with Gasteiger partial charge in [0.1, 0.15) is 0 Å².